The molecule has 1 aromatic carbocycles. The molecular formula is C17H25ClFN. The maximum atomic E-state index is 13.7. The molecule has 0 heterocycles. The van der Waals surface area contributed by atoms with Crippen molar-refractivity contribution in [1.29, 1.82) is 0 Å². The van der Waals surface area contributed by atoms with Crippen molar-refractivity contribution in [3.63, 3.8) is 0 Å². The average molecular weight is 298 g/mol. The first-order valence-corrected chi connectivity index (χ1v) is 8.03. The first kappa shape index (κ1) is 15.8. The molecule has 1 aromatic rings. The highest BCUT2D eigenvalue weighted by molar-refractivity contribution is 6.30. The third-order valence-corrected chi connectivity index (χ3v) is 4.56. The van der Waals surface area contributed by atoms with Crippen LogP contribution < -0.4 is 5.32 Å². The van der Waals surface area contributed by atoms with Gasteiger partial charge in [-0.1, -0.05) is 38.3 Å². The van der Waals surface area contributed by atoms with E-state index in [9.17, 15) is 4.39 Å². The second-order valence-corrected chi connectivity index (χ2v) is 7.08. The summed E-state index contributed by atoms with van der Waals surface area (Å²) in [6, 6.07) is 4.75. The van der Waals surface area contributed by atoms with Crippen molar-refractivity contribution in [3.05, 3.63) is 34.6 Å². The Bertz CT molecular complexity index is 439. The Kier molecular flexibility index (Phi) is 5.45. The number of benzene rings is 1. The fourth-order valence-electron chi connectivity index (χ4n) is 3.59. The maximum Gasteiger partial charge on any atom is 0.127 e. The van der Waals surface area contributed by atoms with Crippen LogP contribution in [0, 0.1) is 17.2 Å². The van der Waals surface area contributed by atoms with E-state index in [1.165, 1.54) is 38.2 Å². The van der Waals surface area contributed by atoms with E-state index < -0.39 is 0 Å². The van der Waals surface area contributed by atoms with Crippen molar-refractivity contribution < 1.29 is 4.39 Å². The van der Waals surface area contributed by atoms with E-state index >= 15 is 0 Å². The first-order chi connectivity index (χ1) is 9.51. The fourth-order valence-corrected chi connectivity index (χ4v) is 3.78. The first-order valence-electron chi connectivity index (χ1n) is 7.65. The molecule has 0 unspecified atom stereocenters. The largest absolute Gasteiger partial charge is 0.312 e. The molecule has 1 N–H and O–H groups in total. The van der Waals surface area contributed by atoms with Crippen molar-refractivity contribution in [2.24, 2.45) is 11.3 Å². The molecule has 0 aliphatic heterocycles. The fraction of sp³-hybridized carbons (Fsp3) is 0.647. The van der Waals surface area contributed by atoms with Gasteiger partial charge in [-0.25, -0.2) is 4.39 Å². The number of hydrogen-bond donors (Lipinski definition) is 1. The molecule has 0 atom stereocenters. The van der Waals surface area contributed by atoms with Gasteiger partial charge in [0.15, 0.2) is 0 Å². The van der Waals surface area contributed by atoms with Crippen molar-refractivity contribution >= 4 is 11.6 Å². The number of hydrogen-bond acceptors (Lipinski definition) is 1. The van der Waals surface area contributed by atoms with Crippen LogP contribution in [-0.4, -0.2) is 6.54 Å². The lowest BCUT2D eigenvalue weighted by atomic mass is 9.78. The van der Waals surface area contributed by atoms with Crippen molar-refractivity contribution in [2.45, 2.75) is 52.5 Å². The summed E-state index contributed by atoms with van der Waals surface area (Å²) >= 11 is 5.92. The molecule has 0 radical (unpaired) electrons. The van der Waals surface area contributed by atoms with Crippen LogP contribution in [0.15, 0.2) is 18.2 Å². The summed E-state index contributed by atoms with van der Waals surface area (Å²) in [6.45, 7) is 6.12. The second-order valence-electron chi connectivity index (χ2n) is 6.64. The molecule has 0 saturated heterocycles. The van der Waals surface area contributed by atoms with Gasteiger partial charge in [-0.2, -0.15) is 0 Å². The summed E-state index contributed by atoms with van der Waals surface area (Å²) in [4.78, 5) is 0. The van der Waals surface area contributed by atoms with Gasteiger partial charge in [0.1, 0.15) is 5.82 Å². The quantitative estimate of drug-likeness (QED) is 0.763. The molecule has 0 bridgehead atoms. The highest BCUT2D eigenvalue weighted by atomic mass is 35.5. The Morgan fingerprint density at radius 1 is 1.30 bits per heavy atom. The Labute approximate surface area is 126 Å². The lowest BCUT2D eigenvalue weighted by molar-refractivity contribution is 0.223. The van der Waals surface area contributed by atoms with Gasteiger partial charge in [-0.05, 0) is 48.8 Å². The minimum absolute atomic E-state index is 0.175. The molecule has 3 heteroatoms. The zero-order valence-corrected chi connectivity index (χ0v) is 13.3. The monoisotopic (exact) mass is 297 g/mol. The predicted molar refractivity (Wildman–Crippen MR) is 83.5 cm³/mol. The van der Waals surface area contributed by atoms with Gasteiger partial charge < -0.3 is 5.32 Å². The third kappa shape index (κ3) is 4.20. The Balaban J connectivity index is 1.91. The van der Waals surface area contributed by atoms with Gasteiger partial charge in [-0.3, -0.25) is 0 Å². The van der Waals surface area contributed by atoms with Gasteiger partial charge in [0.05, 0.1) is 0 Å². The minimum atomic E-state index is -0.175. The Hall–Kier alpha value is -0.600. The van der Waals surface area contributed by atoms with Gasteiger partial charge in [0, 0.05) is 23.7 Å². The Morgan fingerprint density at radius 3 is 2.65 bits per heavy atom. The summed E-state index contributed by atoms with van der Waals surface area (Å²) < 4.78 is 13.7. The van der Waals surface area contributed by atoms with Gasteiger partial charge in [0.25, 0.3) is 0 Å². The third-order valence-electron chi connectivity index (χ3n) is 4.33. The van der Waals surface area contributed by atoms with E-state index in [0.29, 0.717) is 22.5 Å². The van der Waals surface area contributed by atoms with Crippen LogP contribution in [0.3, 0.4) is 0 Å². The molecule has 1 nitrogen and oxygen atoms in total. The van der Waals surface area contributed by atoms with Crippen LogP contribution in [-0.2, 0) is 6.54 Å². The van der Waals surface area contributed by atoms with E-state index in [2.05, 4.69) is 19.2 Å². The van der Waals surface area contributed by atoms with E-state index in [4.69, 9.17) is 11.6 Å². The van der Waals surface area contributed by atoms with E-state index in [1.54, 1.807) is 12.1 Å². The standard InChI is InChI=1S/C17H25ClFN/c1-13(2)10-17(7-3-4-8-17)12-20-11-14-9-15(18)5-6-16(14)19/h5-6,9,13,20H,3-4,7-8,10-12H2,1-2H3. The highest BCUT2D eigenvalue weighted by Gasteiger charge is 2.33. The minimum Gasteiger partial charge on any atom is -0.312 e. The summed E-state index contributed by atoms with van der Waals surface area (Å²) in [7, 11) is 0. The van der Waals surface area contributed by atoms with Gasteiger partial charge in [-0.15, -0.1) is 0 Å². The molecule has 1 aliphatic carbocycles. The smallest absolute Gasteiger partial charge is 0.127 e. The lowest BCUT2D eigenvalue weighted by Gasteiger charge is -2.31. The zero-order chi connectivity index (χ0) is 14.6. The topological polar surface area (TPSA) is 12.0 Å². The summed E-state index contributed by atoms with van der Waals surface area (Å²) in [5.74, 6) is 0.545. The molecule has 112 valence electrons. The molecule has 1 aliphatic rings. The number of halogens is 2. The summed E-state index contributed by atoms with van der Waals surface area (Å²) in [6.07, 6.45) is 6.53. The molecule has 1 saturated carbocycles. The molecule has 0 spiro atoms. The lowest BCUT2D eigenvalue weighted by Crippen LogP contribution is -2.33. The summed E-state index contributed by atoms with van der Waals surface area (Å²) in [5, 5.41) is 4.06. The van der Waals surface area contributed by atoms with Gasteiger partial charge in [0.2, 0.25) is 0 Å². The summed E-state index contributed by atoms with van der Waals surface area (Å²) in [5.41, 5.74) is 1.08. The molecule has 2 rings (SSSR count). The maximum absolute atomic E-state index is 13.7. The zero-order valence-electron chi connectivity index (χ0n) is 12.5. The number of rotatable bonds is 6. The number of nitrogens with one attached hydrogen (secondary N) is 1. The normalized spacial score (nSPS) is 17.9. The van der Waals surface area contributed by atoms with Crippen molar-refractivity contribution in [2.75, 3.05) is 6.54 Å². The van der Waals surface area contributed by atoms with Crippen LogP contribution in [0.5, 0.6) is 0 Å². The van der Waals surface area contributed by atoms with Gasteiger partial charge >= 0.3 is 0 Å². The van der Waals surface area contributed by atoms with Crippen LogP contribution in [0.25, 0.3) is 0 Å². The average Bonchev–Trinajstić information content (AvgIpc) is 2.81. The SMILES string of the molecule is CC(C)CC1(CNCc2cc(Cl)ccc2F)CCCC1. The van der Waals surface area contributed by atoms with Crippen LogP contribution in [0.4, 0.5) is 4.39 Å². The molecule has 0 aromatic heterocycles. The van der Waals surface area contributed by atoms with Crippen molar-refractivity contribution in [3.8, 4) is 0 Å². The molecule has 1 fully saturated rings. The second kappa shape index (κ2) is 6.91. The Morgan fingerprint density at radius 2 is 2.00 bits per heavy atom. The van der Waals surface area contributed by atoms with E-state index in [0.717, 1.165) is 12.5 Å². The molecular weight excluding hydrogens is 273 g/mol. The van der Waals surface area contributed by atoms with Crippen molar-refractivity contribution in [1.82, 2.24) is 5.32 Å². The predicted octanol–water partition coefficient (Wildman–Crippen LogP) is 5.18. The van der Waals surface area contributed by atoms with E-state index in [-0.39, 0.29) is 5.82 Å². The van der Waals surface area contributed by atoms with Crippen LogP contribution in [0.2, 0.25) is 5.02 Å². The van der Waals surface area contributed by atoms with Crippen LogP contribution >= 0.6 is 11.6 Å². The highest BCUT2D eigenvalue weighted by Crippen LogP contribution is 2.42. The molecule has 20 heavy (non-hydrogen) atoms. The van der Waals surface area contributed by atoms with E-state index in [1.807, 2.05) is 0 Å². The van der Waals surface area contributed by atoms with Crippen LogP contribution in [0.1, 0.15) is 51.5 Å². The molecule has 0 amide bonds.